The molecule has 1 aliphatic rings. The molecule has 0 amide bonds. The third-order valence-electron chi connectivity index (χ3n) is 3.22. The molecule has 0 bridgehead atoms. The van der Waals surface area contributed by atoms with Crippen LogP contribution in [0, 0.1) is 11.8 Å². The van der Waals surface area contributed by atoms with Crippen molar-refractivity contribution in [2.45, 2.75) is 39.0 Å². The van der Waals surface area contributed by atoms with Crippen molar-refractivity contribution < 1.29 is 9.90 Å². The molecular weight excluding hydrogens is 188 g/mol. The van der Waals surface area contributed by atoms with Crippen molar-refractivity contribution in [1.82, 2.24) is 0 Å². The lowest BCUT2D eigenvalue weighted by atomic mass is 9.77. The van der Waals surface area contributed by atoms with Crippen LogP contribution in [0.3, 0.4) is 0 Å². The molecular formula is C13H20O2. The lowest BCUT2D eigenvalue weighted by Gasteiger charge is -2.28. The average molecular weight is 208 g/mol. The second kappa shape index (κ2) is 5.74. The largest absolute Gasteiger partial charge is 0.481 e. The Hall–Kier alpha value is -1.05. The predicted molar refractivity (Wildman–Crippen MR) is 61.7 cm³/mol. The van der Waals surface area contributed by atoms with E-state index in [-0.39, 0.29) is 0 Å². The van der Waals surface area contributed by atoms with Gasteiger partial charge in [-0.3, -0.25) is 4.79 Å². The fraction of sp³-hybridized carbons (Fsp3) is 0.615. The highest BCUT2D eigenvalue weighted by Crippen LogP contribution is 2.34. The molecule has 1 rings (SSSR count). The van der Waals surface area contributed by atoms with Crippen molar-refractivity contribution in [3.8, 4) is 0 Å². The van der Waals surface area contributed by atoms with Crippen LogP contribution in [0.1, 0.15) is 39.0 Å². The molecule has 2 heteroatoms. The Morgan fingerprint density at radius 1 is 1.40 bits per heavy atom. The van der Waals surface area contributed by atoms with Gasteiger partial charge < -0.3 is 5.11 Å². The van der Waals surface area contributed by atoms with Gasteiger partial charge in [-0.25, -0.2) is 0 Å². The minimum atomic E-state index is -0.661. The zero-order valence-electron chi connectivity index (χ0n) is 9.41. The van der Waals surface area contributed by atoms with Crippen LogP contribution in [-0.4, -0.2) is 11.1 Å². The van der Waals surface area contributed by atoms with Crippen LogP contribution in [0.25, 0.3) is 0 Å². The summed E-state index contributed by atoms with van der Waals surface area (Å²) in [5.74, 6) is 0.300. The van der Waals surface area contributed by atoms with E-state index in [1.54, 1.807) is 0 Å². The standard InChI is InChI=1S/C13H20O2/c1-3-4-10(2)12-7-5-11(6-8-12)9-13(14)15/h3-4,11-12H,2,5-9H2,1H3,(H,14,15)/b4-3-/t11-,12+. The Morgan fingerprint density at radius 2 is 2.00 bits per heavy atom. The molecule has 0 aromatic carbocycles. The molecule has 1 saturated carbocycles. The van der Waals surface area contributed by atoms with Crippen molar-refractivity contribution in [2.24, 2.45) is 11.8 Å². The smallest absolute Gasteiger partial charge is 0.303 e. The van der Waals surface area contributed by atoms with Gasteiger partial charge in [0.1, 0.15) is 0 Å². The van der Waals surface area contributed by atoms with Crippen LogP contribution in [0.4, 0.5) is 0 Å². The van der Waals surface area contributed by atoms with Crippen LogP contribution in [0.2, 0.25) is 0 Å². The normalized spacial score (nSPS) is 26.7. The first-order valence-electron chi connectivity index (χ1n) is 5.66. The van der Waals surface area contributed by atoms with Gasteiger partial charge in [0.05, 0.1) is 0 Å². The summed E-state index contributed by atoms with van der Waals surface area (Å²) in [6.45, 7) is 6.05. The SMILES string of the molecule is C=C(/C=C\C)[C@H]1CC[C@@H](CC(=O)O)CC1. The average Bonchev–Trinajstić information content (AvgIpc) is 2.18. The van der Waals surface area contributed by atoms with Gasteiger partial charge in [0.15, 0.2) is 0 Å². The van der Waals surface area contributed by atoms with E-state index in [9.17, 15) is 4.79 Å². The van der Waals surface area contributed by atoms with Gasteiger partial charge in [0, 0.05) is 6.42 Å². The molecule has 0 radical (unpaired) electrons. The summed E-state index contributed by atoms with van der Waals surface area (Å²) in [5, 5.41) is 8.70. The highest BCUT2D eigenvalue weighted by molar-refractivity contribution is 5.67. The Bertz CT molecular complexity index is 258. The van der Waals surface area contributed by atoms with Crippen molar-refractivity contribution in [1.29, 1.82) is 0 Å². The van der Waals surface area contributed by atoms with Gasteiger partial charge in [0.2, 0.25) is 0 Å². The Kier molecular flexibility index (Phi) is 4.60. The maximum Gasteiger partial charge on any atom is 0.303 e. The first-order chi connectivity index (χ1) is 7.13. The molecule has 15 heavy (non-hydrogen) atoms. The Balaban J connectivity index is 2.35. The van der Waals surface area contributed by atoms with E-state index >= 15 is 0 Å². The summed E-state index contributed by atoms with van der Waals surface area (Å²) in [4.78, 5) is 10.6. The molecule has 0 unspecified atom stereocenters. The zero-order chi connectivity index (χ0) is 11.3. The molecule has 84 valence electrons. The third-order valence-corrected chi connectivity index (χ3v) is 3.22. The van der Waals surface area contributed by atoms with Crippen LogP contribution >= 0.6 is 0 Å². The number of carboxylic acids is 1. The molecule has 0 spiro atoms. The fourth-order valence-corrected chi connectivity index (χ4v) is 2.33. The fourth-order valence-electron chi connectivity index (χ4n) is 2.33. The lowest BCUT2D eigenvalue weighted by molar-refractivity contribution is -0.138. The van der Waals surface area contributed by atoms with Crippen LogP contribution < -0.4 is 0 Å². The van der Waals surface area contributed by atoms with E-state index in [0.29, 0.717) is 18.3 Å². The first kappa shape index (κ1) is 12.0. The summed E-state index contributed by atoms with van der Waals surface area (Å²) in [6, 6.07) is 0. The van der Waals surface area contributed by atoms with Gasteiger partial charge in [-0.15, -0.1) is 0 Å². The summed E-state index contributed by atoms with van der Waals surface area (Å²) in [6.07, 6.45) is 8.69. The van der Waals surface area contributed by atoms with Gasteiger partial charge in [0.25, 0.3) is 0 Å². The molecule has 0 aromatic rings. The number of rotatable bonds is 4. The highest BCUT2D eigenvalue weighted by Gasteiger charge is 2.23. The van der Waals surface area contributed by atoms with Crippen molar-refractivity contribution in [3.63, 3.8) is 0 Å². The number of carboxylic acid groups (broad SMARTS) is 1. The van der Waals surface area contributed by atoms with Crippen LogP contribution in [0.15, 0.2) is 24.3 Å². The maximum absolute atomic E-state index is 10.6. The summed E-state index contributed by atoms with van der Waals surface area (Å²) < 4.78 is 0. The maximum atomic E-state index is 10.6. The van der Waals surface area contributed by atoms with E-state index in [0.717, 1.165) is 25.7 Å². The van der Waals surface area contributed by atoms with E-state index in [4.69, 9.17) is 5.11 Å². The van der Waals surface area contributed by atoms with E-state index in [1.807, 2.05) is 13.0 Å². The molecule has 0 heterocycles. The summed E-state index contributed by atoms with van der Waals surface area (Å²) in [5.41, 5.74) is 1.20. The number of allylic oxidation sites excluding steroid dienone is 3. The van der Waals surface area contributed by atoms with Gasteiger partial charge in [-0.05, 0) is 44.4 Å². The number of hydrogen-bond acceptors (Lipinski definition) is 1. The lowest BCUT2D eigenvalue weighted by Crippen LogP contribution is -2.17. The summed E-state index contributed by atoms with van der Waals surface area (Å²) in [7, 11) is 0. The van der Waals surface area contributed by atoms with Crippen LogP contribution in [0.5, 0.6) is 0 Å². The third kappa shape index (κ3) is 3.90. The minimum Gasteiger partial charge on any atom is -0.481 e. The predicted octanol–water partition coefficient (Wildman–Crippen LogP) is 3.40. The number of aliphatic carboxylic acids is 1. The second-order valence-electron chi connectivity index (χ2n) is 4.39. The van der Waals surface area contributed by atoms with E-state index in [2.05, 4.69) is 12.7 Å². The quantitative estimate of drug-likeness (QED) is 0.719. The topological polar surface area (TPSA) is 37.3 Å². The van der Waals surface area contributed by atoms with Crippen LogP contribution in [-0.2, 0) is 4.79 Å². The van der Waals surface area contributed by atoms with E-state index in [1.165, 1.54) is 5.57 Å². The van der Waals surface area contributed by atoms with Gasteiger partial charge >= 0.3 is 5.97 Å². The van der Waals surface area contributed by atoms with Crippen molar-refractivity contribution in [2.75, 3.05) is 0 Å². The molecule has 1 fully saturated rings. The Morgan fingerprint density at radius 3 is 2.47 bits per heavy atom. The van der Waals surface area contributed by atoms with E-state index < -0.39 is 5.97 Å². The molecule has 2 nitrogen and oxygen atoms in total. The molecule has 0 aromatic heterocycles. The Labute approximate surface area is 91.7 Å². The number of hydrogen-bond donors (Lipinski definition) is 1. The first-order valence-corrected chi connectivity index (χ1v) is 5.66. The monoisotopic (exact) mass is 208 g/mol. The minimum absolute atomic E-state index is 0.336. The molecule has 0 atom stereocenters. The van der Waals surface area contributed by atoms with Gasteiger partial charge in [-0.2, -0.15) is 0 Å². The number of carbonyl (C=O) groups is 1. The zero-order valence-corrected chi connectivity index (χ0v) is 9.41. The highest BCUT2D eigenvalue weighted by atomic mass is 16.4. The van der Waals surface area contributed by atoms with Gasteiger partial charge in [-0.1, -0.05) is 24.3 Å². The second-order valence-corrected chi connectivity index (χ2v) is 4.39. The van der Waals surface area contributed by atoms with Crippen molar-refractivity contribution >= 4 is 5.97 Å². The molecule has 1 N–H and O–H groups in total. The van der Waals surface area contributed by atoms with Crippen molar-refractivity contribution in [3.05, 3.63) is 24.3 Å². The molecule has 0 saturated heterocycles. The molecule has 0 aliphatic heterocycles. The molecule has 1 aliphatic carbocycles. The summed E-state index contributed by atoms with van der Waals surface area (Å²) >= 11 is 0.